The molecule has 0 amide bonds. The first kappa shape index (κ1) is 10.4. The Morgan fingerprint density at radius 3 is 3.00 bits per heavy atom. The summed E-state index contributed by atoms with van der Waals surface area (Å²) in [6.07, 6.45) is 2.43. The van der Waals surface area contributed by atoms with Crippen molar-refractivity contribution in [1.82, 2.24) is 14.8 Å². The van der Waals surface area contributed by atoms with Gasteiger partial charge in [-0.1, -0.05) is 13.0 Å². The lowest BCUT2D eigenvalue weighted by Gasteiger charge is -2.02. The Balaban J connectivity index is 2.46. The van der Waals surface area contributed by atoms with Gasteiger partial charge >= 0.3 is 0 Å². The molecular weight excluding hydrogens is 206 g/mol. The average Bonchev–Trinajstić information content (AvgIpc) is 2.74. The van der Waals surface area contributed by atoms with E-state index in [0.717, 1.165) is 12.1 Å². The monoisotopic (exact) mass is 217 g/mol. The van der Waals surface area contributed by atoms with Crippen LogP contribution in [0.25, 0.3) is 5.82 Å². The molecule has 2 aromatic rings. The summed E-state index contributed by atoms with van der Waals surface area (Å²) in [4.78, 5) is 14.5. The van der Waals surface area contributed by atoms with E-state index in [1.165, 1.54) is 4.68 Å². The first-order valence-electron chi connectivity index (χ1n) is 4.95. The van der Waals surface area contributed by atoms with Gasteiger partial charge in [0, 0.05) is 12.3 Å². The summed E-state index contributed by atoms with van der Waals surface area (Å²) in [5.41, 5.74) is 0.850. The fourth-order valence-corrected chi connectivity index (χ4v) is 1.36. The SMILES string of the molecule is CCc1cc(OC=O)n(-c2ccccn2)n1. The summed E-state index contributed by atoms with van der Waals surface area (Å²) in [5, 5.41) is 4.29. The summed E-state index contributed by atoms with van der Waals surface area (Å²) in [5.74, 6) is 1.00. The molecule has 5 nitrogen and oxygen atoms in total. The highest BCUT2D eigenvalue weighted by Gasteiger charge is 2.10. The van der Waals surface area contributed by atoms with Gasteiger partial charge in [0.2, 0.25) is 5.88 Å². The smallest absolute Gasteiger partial charge is 0.299 e. The van der Waals surface area contributed by atoms with Crippen LogP contribution in [-0.4, -0.2) is 21.2 Å². The number of hydrogen-bond acceptors (Lipinski definition) is 4. The highest BCUT2D eigenvalue weighted by molar-refractivity contribution is 5.44. The molecule has 82 valence electrons. The second-order valence-corrected chi connectivity index (χ2v) is 3.14. The van der Waals surface area contributed by atoms with Gasteiger partial charge in [-0.2, -0.15) is 9.78 Å². The lowest BCUT2D eigenvalue weighted by atomic mass is 10.3. The van der Waals surface area contributed by atoms with Crippen molar-refractivity contribution < 1.29 is 9.53 Å². The third kappa shape index (κ3) is 1.93. The maximum atomic E-state index is 10.4. The van der Waals surface area contributed by atoms with Crippen molar-refractivity contribution in [3.05, 3.63) is 36.2 Å². The van der Waals surface area contributed by atoms with Gasteiger partial charge in [-0.25, -0.2) is 4.98 Å². The van der Waals surface area contributed by atoms with Crippen LogP contribution in [0.4, 0.5) is 0 Å². The number of hydrogen-bond donors (Lipinski definition) is 0. The molecule has 16 heavy (non-hydrogen) atoms. The zero-order valence-electron chi connectivity index (χ0n) is 8.83. The van der Waals surface area contributed by atoms with E-state index in [1.807, 2.05) is 19.1 Å². The van der Waals surface area contributed by atoms with Crippen LogP contribution in [0.3, 0.4) is 0 Å². The second-order valence-electron chi connectivity index (χ2n) is 3.14. The molecular formula is C11H11N3O2. The van der Waals surface area contributed by atoms with Crippen molar-refractivity contribution in [2.75, 3.05) is 0 Å². The number of nitrogens with zero attached hydrogens (tertiary/aromatic N) is 3. The molecule has 2 rings (SSSR count). The minimum absolute atomic E-state index is 0.380. The summed E-state index contributed by atoms with van der Waals surface area (Å²) in [6, 6.07) is 7.18. The average molecular weight is 217 g/mol. The van der Waals surface area contributed by atoms with Gasteiger partial charge < -0.3 is 4.74 Å². The minimum atomic E-state index is 0.380. The Morgan fingerprint density at radius 2 is 2.38 bits per heavy atom. The summed E-state index contributed by atoms with van der Waals surface area (Å²) >= 11 is 0. The maximum Gasteiger partial charge on any atom is 0.299 e. The third-order valence-electron chi connectivity index (χ3n) is 2.12. The van der Waals surface area contributed by atoms with E-state index in [2.05, 4.69) is 10.1 Å². The molecule has 0 aliphatic heterocycles. The second kappa shape index (κ2) is 4.57. The quantitative estimate of drug-likeness (QED) is 0.726. The molecule has 0 saturated heterocycles. The number of aromatic nitrogens is 3. The number of rotatable bonds is 4. The highest BCUT2D eigenvalue weighted by atomic mass is 16.5. The molecule has 0 atom stereocenters. The summed E-state index contributed by atoms with van der Waals surface area (Å²) in [7, 11) is 0. The van der Waals surface area contributed by atoms with Crippen LogP contribution in [0.2, 0.25) is 0 Å². The predicted molar refractivity (Wildman–Crippen MR) is 57.4 cm³/mol. The van der Waals surface area contributed by atoms with Gasteiger partial charge in [0.1, 0.15) is 0 Å². The van der Waals surface area contributed by atoms with Crippen LogP contribution in [0.1, 0.15) is 12.6 Å². The molecule has 0 bridgehead atoms. The van der Waals surface area contributed by atoms with E-state index >= 15 is 0 Å². The van der Waals surface area contributed by atoms with Crippen molar-refractivity contribution in [3.63, 3.8) is 0 Å². The number of aryl methyl sites for hydroxylation is 1. The van der Waals surface area contributed by atoms with Gasteiger partial charge in [-0.3, -0.25) is 4.79 Å². The van der Waals surface area contributed by atoms with Crippen molar-refractivity contribution in [3.8, 4) is 11.7 Å². The van der Waals surface area contributed by atoms with E-state index in [-0.39, 0.29) is 0 Å². The van der Waals surface area contributed by atoms with Gasteiger partial charge in [-0.15, -0.1) is 0 Å². The van der Waals surface area contributed by atoms with Crippen molar-refractivity contribution in [2.24, 2.45) is 0 Å². The van der Waals surface area contributed by atoms with Gasteiger partial charge in [-0.05, 0) is 18.6 Å². The molecule has 0 aromatic carbocycles. The highest BCUT2D eigenvalue weighted by Crippen LogP contribution is 2.17. The van der Waals surface area contributed by atoms with Crippen LogP contribution in [0, 0.1) is 0 Å². The fraction of sp³-hybridized carbons (Fsp3) is 0.182. The Hall–Kier alpha value is -2.17. The van der Waals surface area contributed by atoms with Crippen LogP contribution in [0.5, 0.6) is 5.88 Å². The molecule has 0 N–H and O–H groups in total. The summed E-state index contributed by atoms with van der Waals surface area (Å²) < 4.78 is 6.36. The lowest BCUT2D eigenvalue weighted by molar-refractivity contribution is -0.121. The summed E-state index contributed by atoms with van der Waals surface area (Å²) in [6.45, 7) is 2.37. The van der Waals surface area contributed by atoms with Crippen LogP contribution >= 0.6 is 0 Å². The standard InChI is InChI=1S/C11H11N3O2/c1-2-9-7-11(16-8-15)14(13-9)10-5-3-4-6-12-10/h3-8H,2H2,1H3. The molecule has 0 radical (unpaired) electrons. The van der Waals surface area contributed by atoms with Gasteiger partial charge in [0.15, 0.2) is 5.82 Å². The Morgan fingerprint density at radius 1 is 1.50 bits per heavy atom. The van der Waals surface area contributed by atoms with E-state index in [0.29, 0.717) is 18.2 Å². The maximum absolute atomic E-state index is 10.4. The Bertz CT molecular complexity index is 479. The number of carbonyl (C=O) groups excluding carboxylic acids is 1. The molecule has 0 fully saturated rings. The molecule has 2 heterocycles. The lowest BCUT2D eigenvalue weighted by Crippen LogP contribution is -2.03. The van der Waals surface area contributed by atoms with E-state index in [1.54, 1.807) is 18.3 Å². The number of pyridine rings is 1. The normalized spacial score (nSPS) is 10.1. The molecule has 0 saturated carbocycles. The fourth-order valence-electron chi connectivity index (χ4n) is 1.36. The molecule has 0 spiro atoms. The zero-order chi connectivity index (χ0) is 11.4. The Kier molecular flexibility index (Phi) is 2.95. The van der Waals surface area contributed by atoms with Crippen molar-refractivity contribution >= 4 is 6.47 Å². The van der Waals surface area contributed by atoms with Gasteiger partial charge in [0.05, 0.1) is 5.69 Å². The van der Waals surface area contributed by atoms with Gasteiger partial charge in [0.25, 0.3) is 6.47 Å². The topological polar surface area (TPSA) is 57.0 Å². The molecule has 0 unspecified atom stereocenters. The van der Waals surface area contributed by atoms with E-state index in [9.17, 15) is 4.79 Å². The van der Waals surface area contributed by atoms with Crippen molar-refractivity contribution in [1.29, 1.82) is 0 Å². The first-order chi connectivity index (χ1) is 7.85. The van der Waals surface area contributed by atoms with Crippen molar-refractivity contribution in [2.45, 2.75) is 13.3 Å². The predicted octanol–water partition coefficient (Wildman–Crippen LogP) is 1.36. The minimum Gasteiger partial charge on any atom is -0.409 e. The zero-order valence-corrected chi connectivity index (χ0v) is 8.83. The largest absolute Gasteiger partial charge is 0.409 e. The molecule has 0 aliphatic carbocycles. The first-order valence-corrected chi connectivity index (χ1v) is 4.95. The molecule has 5 heteroatoms. The Labute approximate surface area is 92.7 Å². The third-order valence-corrected chi connectivity index (χ3v) is 2.12. The van der Waals surface area contributed by atoms with E-state index < -0.39 is 0 Å². The van der Waals surface area contributed by atoms with E-state index in [4.69, 9.17) is 4.74 Å². The van der Waals surface area contributed by atoms with Crippen LogP contribution < -0.4 is 4.74 Å². The number of ether oxygens (including phenoxy) is 1. The van der Waals surface area contributed by atoms with Crippen LogP contribution in [-0.2, 0) is 11.2 Å². The molecule has 2 aromatic heterocycles. The number of carbonyl (C=O) groups is 1. The molecule has 0 aliphatic rings. The van der Waals surface area contributed by atoms with Crippen LogP contribution in [0.15, 0.2) is 30.5 Å².